The zero-order chi connectivity index (χ0) is 11.8. The van der Waals surface area contributed by atoms with E-state index in [-0.39, 0.29) is 29.3 Å². The zero-order valence-corrected chi connectivity index (χ0v) is 10.2. The van der Waals surface area contributed by atoms with E-state index in [0.29, 0.717) is 13.2 Å². The summed E-state index contributed by atoms with van der Waals surface area (Å²) >= 11 is 0. The van der Waals surface area contributed by atoms with Crippen molar-refractivity contribution in [2.75, 3.05) is 13.2 Å². The van der Waals surface area contributed by atoms with Crippen molar-refractivity contribution >= 4 is 5.91 Å². The van der Waals surface area contributed by atoms with E-state index in [0.717, 1.165) is 19.3 Å². The summed E-state index contributed by atoms with van der Waals surface area (Å²) in [6.45, 7) is 5.67. The fraction of sp³-hybridized carbons (Fsp3) is 0.917. The first-order chi connectivity index (χ1) is 7.51. The summed E-state index contributed by atoms with van der Waals surface area (Å²) in [5.41, 5.74) is 5.97. The predicted octanol–water partition coefficient (Wildman–Crippen LogP) is 0.655. The molecule has 4 heteroatoms. The third-order valence-electron chi connectivity index (χ3n) is 4.25. The highest BCUT2D eigenvalue weighted by Gasteiger charge is 2.47. The smallest absolute Gasteiger partial charge is 0.223 e. The van der Waals surface area contributed by atoms with Crippen LogP contribution in [0.3, 0.4) is 0 Å². The van der Waals surface area contributed by atoms with Crippen LogP contribution in [-0.4, -0.2) is 31.2 Å². The van der Waals surface area contributed by atoms with E-state index in [1.54, 1.807) is 0 Å². The average Bonchev–Trinajstić information content (AvgIpc) is 2.29. The highest BCUT2D eigenvalue weighted by Crippen LogP contribution is 2.39. The molecule has 0 bridgehead atoms. The summed E-state index contributed by atoms with van der Waals surface area (Å²) < 4.78 is 5.25. The highest BCUT2D eigenvalue weighted by atomic mass is 16.5. The van der Waals surface area contributed by atoms with Crippen LogP contribution in [0.5, 0.6) is 0 Å². The molecular weight excluding hydrogens is 204 g/mol. The molecule has 0 aromatic rings. The third kappa shape index (κ3) is 2.09. The molecular formula is C12H22N2O2. The van der Waals surface area contributed by atoms with Gasteiger partial charge in [-0.1, -0.05) is 13.8 Å². The molecule has 1 aliphatic carbocycles. The lowest BCUT2D eigenvalue weighted by atomic mass is 9.63. The lowest BCUT2D eigenvalue weighted by Gasteiger charge is -2.50. The predicted molar refractivity (Wildman–Crippen MR) is 61.8 cm³/mol. The van der Waals surface area contributed by atoms with Gasteiger partial charge in [-0.25, -0.2) is 0 Å². The Morgan fingerprint density at radius 3 is 2.50 bits per heavy atom. The minimum absolute atomic E-state index is 0.0425. The molecule has 2 aliphatic rings. The number of rotatable bonds is 2. The summed E-state index contributed by atoms with van der Waals surface area (Å²) in [5.74, 6) is 0.328. The number of amides is 1. The molecule has 1 aliphatic heterocycles. The molecule has 1 amide bonds. The SMILES string of the molecule is CC1(C)C(N)CC1NC(=O)C1CCOCC1. The van der Waals surface area contributed by atoms with Crippen molar-refractivity contribution in [2.45, 2.75) is 45.2 Å². The largest absolute Gasteiger partial charge is 0.381 e. The molecule has 2 unspecified atom stereocenters. The van der Waals surface area contributed by atoms with Crippen molar-refractivity contribution in [2.24, 2.45) is 17.1 Å². The van der Waals surface area contributed by atoms with Crippen LogP contribution in [0.15, 0.2) is 0 Å². The second kappa shape index (κ2) is 4.34. The molecule has 0 radical (unpaired) electrons. The minimum Gasteiger partial charge on any atom is -0.381 e. The Morgan fingerprint density at radius 2 is 2.00 bits per heavy atom. The van der Waals surface area contributed by atoms with Gasteiger partial charge >= 0.3 is 0 Å². The zero-order valence-electron chi connectivity index (χ0n) is 10.2. The van der Waals surface area contributed by atoms with Gasteiger partial charge in [-0.05, 0) is 19.3 Å². The molecule has 3 N–H and O–H groups in total. The molecule has 1 saturated heterocycles. The van der Waals surface area contributed by atoms with Gasteiger partial charge in [0.1, 0.15) is 0 Å². The molecule has 16 heavy (non-hydrogen) atoms. The van der Waals surface area contributed by atoms with Crippen LogP contribution in [0.4, 0.5) is 0 Å². The van der Waals surface area contributed by atoms with Gasteiger partial charge < -0.3 is 15.8 Å². The van der Waals surface area contributed by atoms with Crippen molar-refractivity contribution in [1.29, 1.82) is 0 Å². The Bertz CT molecular complexity index is 272. The van der Waals surface area contributed by atoms with E-state index in [1.165, 1.54) is 0 Å². The summed E-state index contributed by atoms with van der Waals surface area (Å²) in [4.78, 5) is 12.0. The third-order valence-corrected chi connectivity index (χ3v) is 4.25. The van der Waals surface area contributed by atoms with E-state index >= 15 is 0 Å². The van der Waals surface area contributed by atoms with Crippen molar-refractivity contribution in [3.63, 3.8) is 0 Å². The van der Waals surface area contributed by atoms with Gasteiger partial charge in [0, 0.05) is 36.6 Å². The van der Waals surface area contributed by atoms with Crippen LogP contribution < -0.4 is 11.1 Å². The summed E-state index contributed by atoms with van der Waals surface area (Å²) in [5, 5.41) is 3.13. The number of nitrogens with two attached hydrogens (primary N) is 1. The Labute approximate surface area is 96.9 Å². The first-order valence-corrected chi connectivity index (χ1v) is 6.15. The van der Waals surface area contributed by atoms with Crippen molar-refractivity contribution in [3.8, 4) is 0 Å². The summed E-state index contributed by atoms with van der Waals surface area (Å²) in [7, 11) is 0. The van der Waals surface area contributed by atoms with E-state index in [9.17, 15) is 4.79 Å². The Morgan fingerprint density at radius 1 is 1.38 bits per heavy atom. The molecule has 0 aromatic carbocycles. The monoisotopic (exact) mass is 226 g/mol. The van der Waals surface area contributed by atoms with Gasteiger partial charge in [-0.2, -0.15) is 0 Å². The number of ether oxygens (including phenoxy) is 1. The maximum absolute atomic E-state index is 12.0. The van der Waals surface area contributed by atoms with Crippen LogP contribution >= 0.6 is 0 Å². The van der Waals surface area contributed by atoms with Crippen LogP contribution in [-0.2, 0) is 9.53 Å². The Hall–Kier alpha value is -0.610. The van der Waals surface area contributed by atoms with Gasteiger partial charge in [-0.3, -0.25) is 4.79 Å². The van der Waals surface area contributed by atoms with Crippen LogP contribution in [0.1, 0.15) is 33.1 Å². The van der Waals surface area contributed by atoms with E-state index in [1.807, 2.05) is 0 Å². The van der Waals surface area contributed by atoms with Gasteiger partial charge in [0.2, 0.25) is 5.91 Å². The fourth-order valence-electron chi connectivity index (χ4n) is 2.45. The normalized spacial score (nSPS) is 34.2. The van der Waals surface area contributed by atoms with Crippen LogP contribution in [0.2, 0.25) is 0 Å². The lowest BCUT2D eigenvalue weighted by molar-refractivity contribution is -0.131. The molecule has 0 aromatic heterocycles. The van der Waals surface area contributed by atoms with Crippen LogP contribution in [0, 0.1) is 11.3 Å². The fourth-order valence-corrected chi connectivity index (χ4v) is 2.45. The topological polar surface area (TPSA) is 64.3 Å². The van der Waals surface area contributed by atoms with Crippen LogP contribution in [0.25, 0.3) is 0 Å². The summed E-state index contributed by atoms with van der Waals surface area (Å²) in [6, 6.07) is 0.463. The number of nitrogens with one attached hydrogen (secondary N) is 1. The van der Waals surface area contributed by atoms with Gasteiger partial charge in [0.15, 0.2) is 0 Å². The van der Waals surface area contributed by atoms with Gasteiger partial charge in [0.25, 0.3) is 0 Å². The quantitative estimate of drug-likeness (QED) is 0.727. The second-order valence-corrected chi connectivity index (χ2v) is 5.61. The van der Waals surface area contributed by atoms with Gasteiger partial charge in [0.05, 0.1) is 0 Å². The molecule has 2 atom stereocenters. The molecule has 0 spiro atoms. The first-order valence-electron chi connectivity index (χ1n) is 6.15. The molecule has 2 rings (SSSR count). The Balaban J connectivity index is 1.83. The maximum atomic E-state index is 12.0. The number of carbonyl (C=O) groups is 1. The summed E-state index contributed by atoms with van der Waals surface area (Å²) in [6.07, 6.45) is 2.61. The average molecular weight is 226 g/mol. The van der Waals surface area contributed by atoms with E-state index in [4.69, 9.17) is 10.5 Å². The first kappa shape index (κ1) is 11.9. The van der Waals surface area contributed by atoms with Crippen molar-refractivity contribution in [3.05, 3.63) is 0 Å². The number of hydrogen-bond acceptors (Lipinski definition) is 3. The number of carbonyl (C=O) groups excluding carboxylic acids is 1. The van der Waals surface area contributed by atoms with E-state index in [2.05, 4.69) is 19.2 Å². The Kier molecular flexibility index (Phi) is 3.22. The van der Waals surface area contributed by atoms with Gasteiger partial charge in [-0.15, -0.1) is 0 Å². The molecule has 1 saturated carbocycles. The van der Waals surface area contributed by atoms with Crippen molar-refractivity contribution < 1.29 is 9.53 Å². The highest BCUT2D eigenvalue weighted by molar-refractivity contribution is 5.79. The lowest BCUT2D eigenvalue weighted by Crippen LogP contribution is -2.65. The molecule has 1 heterocycles. The molecule has 2 fully saturated rings. The molecule has 92 valence electrons. The van der Waals surface area contributed by atoms with Crippen molar-refractivity contribution in [1.82, 2.24) is 5.32 Å². The van der Waals surface area contributed by atoms with E-state index < -0.39 is 0 Å². The second-order valence-electron chi connectivity index (χ2n) is 5.61. The molecule has 4 nitrogen and oxygen atoms in total. The maximum Gasteiger partial charge on any atom is 0.223 e. The minimum atomic E-state index is 0.0425. The standard InChI is InChI=1S/C12H22N2O2/c1-12(2)9(13)7-10(12)14-11(15)8-3-5-16-6-4-8/h8-10H,3-7,13H2,1-2H3,(H,14,15). The number of hydrogen-bond donors (Lipinski definition) is 2.